The fourth-order valence-corrected chi connectivity index (χ4v) is 3.24. The molecule has 0 spiro atoms. The molecule has 25 heavy (non-hydrogen) atoms. The molecular weight excluding hydrogens is 338 g/mol. The standard InChI is InChI=1S/C20H25NO3.ClH/c1-2-23-18-11-7-6-8-16(18)14-20(22,17-9-4-3-5-10-17)19-15-21-12-13-24-19;/h3-11,19,21-22H,2,12-15H2,1H3;1H/t19-,20-;/m1./s1. The first-order valence-corrected chi connectivity index (χ1v) is 8.55. The Balaban J connectivity index is 0.00000225. The van der Waals surface area contributed by atoms with E-state index in [1.807, 2.05) is 61.5 Å². The van der Waals surface area contributed by atoms with E-state index in [9.17, 15) is 5.11 Å². The van der Waals surface area contributed by atoms with E-state index >= 15 is 0 Å². The highest BCUT2D eigenvalue weighted by atomic mass is 35.5. The highest BCUT2D eigenvalue weighted by molar-refractivity contribution is 5.85. The molecule has 1 fully saturated rings. The number of aliphatic hydroxyl groups is 1. The molecule has 5 heteroatoms. The molecule has 4 nitrogen and oxygen atoms in total. The fraction of sp³-hybridized carbons (Fsp3) is 0.400. The number of hydrogen-bond acceptors (Lipinski definition) is 4. The van der Waals surface area contributed by atoms with E-state index in [4.69, 9.17) is 9.47 Å². The zero-order chi connectivity index (χ0) is 16.8. The minimum absolute atomic E-state index is 0. The first kappa shape index (κ1) is 19.7. The van der Waals surface area contributed by atoms with Gasteiger partial charge in [0.25, 0.3) is 0 Å². The van der Waals surface area contributed by atoms with Crippen LogP contribution >= 0.6 is 12.4 Å². The summed E-state index contributed by atoms with van der Waals surface area (Å²) in [6.07, 6.45) is 0.142. The number of ether oxygens (including phenoxy) is 2. The zero-order valence-corrected chi connectivity index (χ0v) is 15.3. The normalized spacial score (nSPS) is 19.5. The van der Waals surface area contributed by atoms with Gasteiger partial charge < -0.3 is 19.9 Å². The fourth-order valence-electron chi connectivity index (χ4n) is 3.24. The number of nitrogens with one attached hydrogen (secondary N) is 1. The number of para-hydroxylation sites is 1. The predicted octanol–water partition coefficient (Wildman–Crippen LogP) is 2.93. The van der Waals surface area contributed by atoms with Gasteiger partial charge in [-0.1, -0.05) is 48.5 Å². The average Bonchev–Trinajstić information content (AvgIpc) is 2.65. The van der Waals surface area contributed by atoms with Crippen LogP contribution in [0.5, 0.6) is 5.75 Å². The van der Waals surface area contributed by atoms with Gasteiger partial charge in [-0.25, -0.2) is 0 Å². The summed E-state index contributed by atoms with van der Waals surface area (Å²) in [6, 6.07) is 17.7. The Morgan fingerprint density at radius 1 is 1.16 bits per heavy atom. The van der Waals surface area contributed by atoms with Gasteiger partial charge in [-0.2, -0.15) is 0 Å². The molecule has 0 bridgehead atoms. The van der Waals surface area contributed by atoms with E-state index in [1.165, 1.54) is 0 Å². The van der Waals surface area contributed by atoms with Crippen LogP contribution in [0.2, 0.25) is 0 Å². The van der Waals surface area contributed by atoms with E-state index in [0.717, 1.165) is 23.4 Å². The minimum Gasteiger partial charge on any atom is -0.494 e. The second-order valence-electron chi connectivity index (χ2n) is 6.07. The molecule has 1 saturated heterocycles. The molecule has 3 rings (SSSR count). The van der Waals surface area contributed by atoms with Gasteiger partial charge in [0.1, 0.15) is 17.5 Å². The molecule has 1 heterocycles. The van der Waals surface area contributed by atoms with E-state index in [0.29, 0.717) is 26.2 Å². The van der Waals surface area contributed by atoms with E-state index in [1.54, 1.807) is 0 Å². The molecule has 1 aliphatic heterocycles. The topological polar surface area (TPSA) is 50.7 Å². The molecule has 2 atom stereocenters. The highest BCUT2D eigenvalue weighted by Gasteiger charge is 2.41. The lowest BCUT2D eigenvalue weighted by Crippen LogP contribution is -2.52. The van der Waals surface area contributed by atoms with Crippen LogP contribution in [0.15, 0.2) is 54.6 Å². The van der Waals surface area contributed by atoms with Crippen molar-refractivity contribution in [3.05, 3.63) is 65.7 Å². The lowest BCUT2D eigenvalue weighted by Gasteiger charge is -2.39. The first-order chi connectivity index (χ1) is 11.7. The van der Waals surface area contributed by atoms with Crippen LogP contribution < -0.4 is 10.1 Å². The molecule has 1 aliphatic rings. The molecule has 0 aliphatic carbocycles. The van der Waals surface area contributed by atoms with Crippen molar-refractivity contribution in [3.63, 3.8) is 0 Å². The maximum atomic E-state index is 11.6. The maximum absolute atomic E-state index is 11.6. The van der Waals surface area contributed by atoms with E-state index in [-0.39, 0.29) is 18.5 Å². The number of halogens is 1. The van der Waals surface area contributed by atoms with Crippen LogP contribution in [0.4, 0.5) is 0 Å². The smallest absolute Gasteiger partial charge is 0.122 e. The number of benzene rings is 2. The summed E-state index contributed by atoms with van der Waals surface area (Å²) in [5.74, 6) is 0.818. The Labute approximate surface area is 155 Å². The van der Waals surface area contributed by atoms with Crippen LogP contribution in [-0.2, 0) is 16.8 Å². The second-order valence-corrected chi connectivity index (χ2v) is 6.07. The maximum Gasteiger partial charge on any atom is 0.122 e. The molecule has 2 aromatic rings. The summed E-state index contributed by atoms with van der Waals surface area (Å²) in [5.41, 5.74) is 0.742. The molecule has 0 saturated carbocycles. The largest absolute Gasteiger partial charge is 0.494 e. The third-order valence-electron chi connectivity index (χ3n) is 4.47. The van der Waals surface area contributed by atoms with Crippen molar-refractivity contribution in [2.75, 3.05) is 26.3 Å². The van der Waals surface area contributed by atoms with Gasteiger partial charge >= 0.3 is 0 Å². The van der Waals surface area contributed by atoms with Crippen molar-refractivity contribution in [2.24, 2.45) is 0 Å². The van der Waals surface area contributed by atoms with Crippen LogP contribution in [0.3, 0.4) is 0 Å². The molecule has 2 aromatic carbocycles. The van der Waals surface area contributed by atoms with Crippen molar-refractivity contribution in [1.82, 2.24) is 5.32 Å². The van der Waals surface area contributed by atoms with Crippen LogP contribution in [0, 0.1) is 0 Å². The van der Waals surface area contributed by atoms with Crippen LogP contribution in [-0.4, -0.2) is 37.5 Å². The van der Waals surface area contributed by atoms with Crippen molar-refractivity contribution in [2.45, 2.75) is 25.0 Å². The summed E-state index contributed by atoms with van der Waals surface area (Å²) in [6.45, 7) is 4.61. The van der Waals surface area contributed by atoms with Crippen molar-refractivity contribution >= 4 is 12.4 Å². The summed E-state index contributed by atoms with van der Waals surface area (Å²) >= 11 is 0. The average molecular weight is 364 g/mol. The van der Waals surface area contributed by atoms with Crippen molar-refractivity contribution in [1.29, 1.82) is 0 Å². The summed E-state index contributed by atoms with van der Waals surface area (Å²) in [7, 11) is 0. The Morgan fingerprint density at radius 3 is 2.56 bits per heavy atom. The lowest BCUT2D eigenvalue weighted by molar-refractivity contribution is -0.124. The molecule has 0 aromatic heterocycles. The van der Waals surface area contributed by atoms with Gasteiger partial charge in [0.05, 0.1) is 13.2 Å². The van der Waals surface area contributed by atoms with E-state index < -0.39 is 5.60 Å². The molecular formula is C20H26ClNO3. The van der Waals surface area contributed by atoms with Gasteiger partial charge in [-0.05, 0) is 24.1 Å². The van der Waals surface area contributed by atoms with Crippen molar-refractivity contribution in [3.8, 4) is 5.75 Å². The SMILES string of the molecule is CCOc1ccccc1C[C@@](O)(c1ccccc1)[C@H]1CNCCO1.Cl. The Hall–Kier alpha value is -1.59. The number of rotatable bonds is 6. The Morgan fingerprint density at radius 2 is 1.88 bits per heavy atom. The van der Waals surface area contributed by atoms with Gasteiger partial charge in [0.2, 0.25) is 0 Å². The second kappa shape index (κ2) is 9.20. The highest BCUT2D eigenvalue weighted by Crippen LogP contribution is 2.34. The number of morpholine rings is 1. The summed E-state index contributed by atoms with van der Waals surface area (Å²) in [4.78, 5) is 0. The zero-order valence-electron chi connectivity index (χ0n) is 14.5. The lowest BCUT2D eigenvalue weighted by atomic mass is 9.81. The van der Waals surface area contributed by atoms with Gasteiger partial charge in [-0.15, -0.1) is 12.4 Å². The molecule has 0 unspecified atom stereocenters. The first-order valence-electron chi connectivity index (χ1n) is 8.55. The summed E-state index contributed by atoms with van der Waals surface area (Å²) < 4.78 is 11.7. The Kier molecular flexibility index (Phi) is 7.26. The van der Waals surface area contributed by atoms with Gasteiger partial charge in [-0.3, -0.25) is 0 Å². The summed E-state index contributed by atoms with van der Waals surface area (Å²) in [5, 5.41) is 15.0. The van der Waals surface area contributed by atoms with E-state index in [2.05, 4.69) is 5.32 Å². The molecule has 136 valence electrons. The van der Waals surface area contributed by atoms with Gasteiger partial charge in [0.15, 0.2) is 0 Å². The van der Waals surface area contributed by atoms with Gasteiger partial charge in [0, 0.05) is 19.5 Å². The third kappa shape index (κ3) is 4.53. The van der Waals surface area contributed by atoms with Crippen molar-refractivity contribution < 1.29 is 14.6 Å². The quantitative estimate of drug-likeness (QED) is 0.828. The number of hydrogen-bond donors (Lipinski definition) is 2. The molecule has 2 N–H and O–H groups in total. The van der Waals surface area contributed by atoms with Crippen LogP contribution in [0.25, 0.3) is 0 Å². The third-order valence-corrected chi connectivity index (χ3v) is 4.47. The minimum atomic E-state index is -1.11. The molecule has 0 amide bonds. The van der Waals surface area contributed by atoms with Crippen LogP contribution in [0.1, 0.15) is 18.1 Å². The molecule has 0 radical (unpaired) electrons. The monoisotopic (exact) mass is 363 g/mol. The predicted molar refractivity (Wildman–Crippen MR) is 102 cm³/mol. The Bertz CT molecular complexity index is 646.